The lowest BCUT2D eigenvalue weighted by Crippen LogP contribution is -2.48. The van der Waals surface area contributed by atoms with E-state index in [1.807, 2.05) is 0 Å². The van der Waals surface area contributed by atoms with Gasteiger partial charge in [-0.2, -0.15) is 0 Å². The summed E-state index contributed by atoms with van der Waals surface area (Å²) >= 11 is 0. The van der Waals surface area contributed by atoms with Gasteiger partial charge in [-0.1, -0.05) is 12.8 Å². The van der Waals surface area contributed by atoms with Crippen LogP contribution in [0.5, 0.6) is 0 Å². The molecule has 1 amide bonds. The molecule has 0 unspecified atom stereocenters. The quantitative estimate of drug-likeness (QED) is 0.563. The van der Waals surface area contributed by atoms with Crippen LogP contribution >= 0.6 is 0 Å². The summed E-state index contributed by atoms with van der Waals surface area (Å²) in [7, 11) is 0. The van der Waals surface area contributed by atoms with Crippen LogP contribution in [-0.2, 0) is 4.79 Å². The molecule has 0 radical (unpaired) electrons. The summed E-state index contributed by atoms with van der Waals surface area (Å²) in [5.41, 5.74) is 0. The highest BCUT2D eigenvalue weighted by Crippen LogP contribution is 2.08. The molecule has 3 nitrogen and oxygen atoms in total. The average molecular weight is 180 g/mol. The molecule has 0 saturated carbocycles. The number of carbonyl (C=O) groups excluding carboxylic acids is 1. The molecule has 1 fully saturated rings. The van der Waals surface area contributed by atoms with Crippen molar-refractivity contribution in [3.05, 3.63) is 0 Å². The molecule has 1 aliphatic rings. The number of amides is 1. The summed E-state index contributed by atoms with van der Waals surface area (Å²) in [5, 5.41) is 6.14. The van der Waals surface area contributed by atoms with E-state index in [4.69, 9.17) is 0 Å². The lowest BCUT2D eigenvalue weighted by Gasteiger charge is -2.27. The Balaban J connectivity index is 2.34. The average Bonchev–Trinajstić information content (AvgIpc) is 2.04. The fourth-order valence-electron chi connectivity index (χ4n) is 1.60. The van der Waals surface area contributed by atoms with E-state index in [1.165, 1.54) is 0 Å². The van der Waals surface area contributed by atoms with Crippen LogP contribution in [0, 0.1) is 17.8 Å². The highest BCUT2D eigenvalue weighted by atomic mass is 16.1. The molecule has 0 spiro atoms. The Morgan fingerprint density at radius 2 is 2.31 bits per heavy atom. The highest BCUT2D eigenvalue weighted by molar-refractivity contribution is 5.93. The third-order valence-electron chi connectivity index (χ3n) is 2.14. The number of hydrogen-bond donors (Lipinski definition) is 2. The fourth-order valence-corrected chi connectivity index (χ4v) is 1.60. The van der Waals surface area contributed by atoms with E-state index in [9.17, 15) is 4.79 Å². The van der Waals surface area contributed by atoms with Crippen LogP contribution in [0.3, 0.4) is 0 Å². The molecule has 72 valence electrons. The van der Waals surface area contributed by atoms with Crippen LogP contribution in [0.2, 0.25) is 0 Å². The van der Waals surface area contributed by atoms with Crippen LogP contribution in [0.15, 0.2) is 0 Å². The van der Waals surface area contributed by atoms with Gasteiger partial charge in [-0.25, -0.2) is 0 Å². The molecule has 1 rings (SSSR count). The van der Waals surface area contributed by atoms with Gasteiger partial charge in [-0.15, -0.1) is 0 Å². The van der Waals surface area contributed by atoms with Gasteiger partial charge in [0.2, 0.25) is 0 Å². The maximum Gasteiger partial charge on any atom is 0.296 e. The molecule has 1 aliphatic heterocycles. The number of rotatable bonds is 1. The van der Waals surface area contributed by atoms with Crippen molar-refractivity contribution in [1.29, 1.82) is 0 Å². The predicted octanol–water partition coefficient (Wildman–Crippen LogP) is 0.124. The van der Waals surface area contributed by atoms with Gasteiger partial charge in [-0.05, 0) is 31.7 Å². The maximum absolute atomic E-state index is 11.1. The van der Waals surface area contributed by atoms with Crippen LogP contribution in [0.1, 0.15) is 20.3 Å². The van der Waals surface area contributed by atoms with Crippen molar-refractivity contribution >= 4 is 5.91 Å². The number of carbonyl (C=O) groups is 1. The summed E-state index contributed by atoms with van der Waals surface area (Å²) in [4.78, 5) is 11.1. The fraction of sp³-hybridized carbons (Fsp3) is 0.700. The molecular weight excluding hydrogens is 164 g/mol. The lowest BCUT2D eigenvalue weighted by atomic mass is 9.98. The van der Waals surface area contributed by atoms with Crippen LogP contribution in [0.25, 0.3) is 0 Å². The zero-order valence-corrected chi connectivity index (χ0v) is 8.18. The second-order valence-corrected chi connectivity index (χ2v) is 3.54. The predicted molar refractivity (Wildman–Crippen MR) is 52.0 cm³/mol. The second-order valence-electron chi connectivity index (χ2n) is 3.54. The van der Waals surface area contributed by atoms with E-state index < -0.39 is 0 Å². The smallest absolute Gasteiger partial charge is 0.296 e. The van der Waals surface area contributed by atoms with Crippen molar-refractivity contribution in [3.8, 4) is 11.8 Å². The summed E-state index contributed by atoms with van der Waals surface area (Å²) in [6.07, 6.45) is 1.05. The Bertz CT molecular complexity index is 239. The van der Waals surface area contributed by atoms with Crippen LogP contribution in [0.4, 0.5) is 0 Å². The molecule has 13 heavy (non-hydrogen) atoms. The third-order valence-corrected chi connectivity index (χ3v) is 2.14. The standard InChI is InChI=1S/C10H16N2O/c1-3-4-10(13)12-9-5-8(2)6-11-7-9/h8-9,11H,5-7H2,1-2H3,(H,12,13)/t8-,9+/m1/s1. The maximum atomic E-state index is 11.1. The van der Waals surface area contributed by atoms with Crippen molar-refractivity contribution in [2.75, 3.05) is 13.1 Å². The minimum atomic E-state index is -0.164. The summed E-state index contributed by atoms with van der Waals surface area (Å²) < 4.78 is 0. The zero-order valence-electron chi connectivity index (χ0n) is 8.18. The number of piperidine rings is 1. The van der Waals surface area contributed by atoms with Gasteiger partial charge in [0.25, 0.3) is 5.91 Å². The molecular formula is C10H16N2O. The van der Waals surface area contributed by atoms with Gasteiger partial charge in [0, 0.05) is 12.6 Å². The second kappa shape index (κ2) is 4.88. The molecule has 0 bridgehead atoms. The van der Waals surface area contributed by atoms with E-state index in [0.717, 1.165) is 19.5 Å². The largest absolute Gasteiger partial charge is 0.341 e. The van der Waals surface area contributed by atoms with Crippen molar-refractivity contribution in [2.24, 2.45) is 5.92 Å². The van der Waals surface area contributed by atoms with Crippen molar-refractivity contribution < 1.29 is 4.79 Å². The Kier molecular flexibility index (Phi) is 3.78. The summed E-state index contributed by atoms with van der Waals surface area (Å²) in [5.74, 6) is 5.54. The molecule has 0 aromatic rings. The van der Waals surface area contributed by atoms with Gasteiger partial charge < -0.3 is 10.6 Å². The number of nitrogens with one attached hydrogen (secondary N) is 2. The third kappa shape index (κ3) is 3.47. The molecule has 0 aromatic heterocycles. The Morgan fingerprint density at radius 1 is 1.54 bits per heavy atom. The molecule has 2 N–H and O–H groups in total. The van der Waals surface area contributed by atoms with Crippen molar-refractivity contribution in [2.45, 2.75) is 26.3 Å². The Hall–Kier alpha value is -1.01. The van der Waals surface area contributed by atoms with Crippen molar-refractivity contribution in [1.82, 2.24) is 10.6 Å². The first-order valence-electron chi connectivity index (χ1n) is 4.66. The van der Waals surface area contributed by atoms with E-state index >= 15 is 0 Å². The van der Waals surface area contributed by atoms with Crippen molar-refractivity contribution in [3.63, 3.8) is 0 Å². The van der Waals surface area contributed by atoms with Gasteiger partial charge in [-0.3, -0.25) is 4.79 Å². The van der Waals surface area contributed by atoms with Crippen LogP contribution < -0.4 is 10.6 Å². The topological polar surface area (TPSA) is 41.1 Å². The molecule has 1 saturated heterocycles. The molecule has 0 aromatic carbocycles. The van der Waals surface area contributed by atoms with Gasteiger partial charge >= 0.3 is 0 Å². The zero-order chi connectivity index (χ0) is 9.68. The number of hydrogen-bond acceptors (Lipinski definition) is 2. The first-order valence-corrected chi connectivity index (χ1v) is 4.66. The minimum Gasteiger partial charge on any atom is -0.341 e. The normalized spacial score (nSPS) is 27.2. The highest BCUT2D eigenvalue weighted by Gasteiger charge is 2.18. The van der Waals surface area contributed by atoms with E-state index in [1.54, 1.807) is 6.92 Å². The van der Waals surface area contributed by atoms with Crippen LogP contribution in [-0.4, -0.2) is 25.0 Å². The minimum absolute atomic E-state index is 0.164. The van der Waals surface area contributed by atoms with E-state index in [-0.39, 0.29) is 11.9 Å². The molecule has 1 heterocycles. The van der Waals surface area contributed by atoms with Gasteiger partial charge in [0.1, 0.15) is 0 Å². The molecule has 0 aliphatic carbocycles. The molecule has 3 heteroatoms. The molecule has 2 atom stereocenters. The van der Waals surface area contributed by atoms with E-state index in [2.05, 4.69) is 29.4 Å². The summed E-state index contributed by atoms with van der Waals surface area (Å²) in [6, 6.07) is 0.247. The van der Waals surface area contributed by atoms with Gasteiger partial charge in [0.15, 0.2) is 0 Å². The first-order chi connectivity index (χ1) is 6.22. The summed E-state index contributed by atoms with van der Waals surface area (Å²) in [6.45, 7) is 5.76. The van der Waals surface area contributed by atoms with Gasteiger partial charge in [0.05, 0.1) is 0 Å². The SMILES string of the molecule is CC#CC(=O)N[C@@H]1CNC[C@H](C)C1. The monoisotopic (exact) mass is 180 g/mol. The first kappa shape index (κ1) is 10.1. The Morgan fingerprint density at radius 3 is 2.92 bits per heavy atom. The lowest BCUT2D eigenvalue weighted by molar-refractivity contribution is -0.116. The Labute approximate surface area is 79.3 Å². The van der Waals surface area contributed by atoms with E-state index in [0.29, 0.717) is 5.92 Å².